The fourth-order valence-corrected chi connectivity index (χ4v) is 6.03. The number of aromatic nitrogens is 2. The van der Waals surface area contributed by atoms with Crippen molar-refractivity contribution in [1.29, 1.82) is 0 Å². The van der Waals surface area contributed by atoms with Crippen molar-refractivity contribution >= 4 is 44.8 Å². The lowest BCUT2D eigenvalue weighted by atomic mass is 10.0. The molecule has 0 aliphatic heterocycles. The summed E-state index contributed by atoms with van der Waals surface area (Å²) >= 11 is 7.43. The van der Waals surface area contributed by atoms with Crippen LogP contribution in [0.1, 0.15) is 45.3 Å². The van der Waals surface area contributed by atoms with Crippen LogP contribution >= 0.6 is 22.9 Å². The third kappa shape index (κ3) is 6.44. The maximum absolute atomic E-state index is 13.4. The van der Waals surface area contributed by atoms with E-state index in [1.807, 2.05) is 4.72 Å². The van der Waals surface area contributed by atoms with Crippen LogP contribution in [0.3, 0.4) is 0 Å². The first-order chi connectivity index (χ1) is 17.6. The average Bonchev–Trinajstić information content (AvgIpc) is 3.43. The normalized spacial score (nSPS) is 20.5. The molecule has 0 spiro atoms. The number of rotatable bonds is 10. The van der Waals surface area contributed by atoms with E-state index in [9.17, 15) is 23.4 Å². The van der Waals surface area contributed by atoms with E-state index in [0.717, 1.165) is 11.3 Å². The minimum atomic E-state index is -4.37. The Balaban J connectivity index is 1.52. The van der Waals surface area contributed by atoms with Gasteiger partial charge in [0, 0.05) is 35.8 Å². The molecule has 2 aromatic heterocycles. The van der Waals surface area contributed by atoms with E-state index in [1.54, 1.807) is 24.3 Å². The number of nitrogens with zero attached hydrogens (tertiary/aromatic N) is 2. The highest BCUT2D eigenvalue weighted by molar-refractivity contribution is 7.83. The molecule has 198 valence electrons. The summed E-state index contributed by atoms with van der Waals surface area (Å²) in [6.45, 7) is -0.126. The van der Waals surface area contributed by atoms with Crippen molar-refractivity contribution < 1.29 is 32.7 Å². The van der Waals surface area contributed by atoms with Gasteiger partial charge in [-0.3, -0.25) is 9.35 Å². The fourth-order valence-electron chi connectivity index (χ4n) is 4.33. The number of hydrogen-bond donors (Lipinski definition) is 5. The molecule has 0 unspecified atom stereocenters. The molecule has 3 aromatic rings. The highest BCUT2D eigenvalue weighted by Crippen LogP contribution is 2.39. The molecular weight excluding hydrogens is 544 g/mol. The number of carbonyl (C=O) groups is 1. The van der Waals surface area contributed by atoms with Crippen LogP contribution in [-0.4, -0.2) is 64.7 Å². The third-order valence-electron chi connectivity index (χ3n) is 6.15. The van der Waals surface area contributed by atoms with E-state index in [4.69, 9.17) is 20.9 Å². The van der Waals surface area contributed by atoms with Crippen molar-refractivity contribution in [3.8, 4) is 5.75 Å². The number of methoxy groups -OCH3 is 1. The van der Waals surface area contributed by atoms with Crippen LogP contribution in [-0.2, 0) is 10.3 Å². The van der Waals surface area contributed by atoms with Crippen LogP contribution in [0.25, 0.3) is 0 Å². The van der Waals surface area contributed by atoms with Gasteiger partial charge in [0.15, 0.2) is 0 Å². The largest absolute Gasteiger partial charge is 0.496 e. The minimum Gasteiger partial charge on any atom is -0.496 e. The number of thiophene rings is 1. The summed E-state index contributed by atoms with van der Waals surface area (Å²) in [4.78, 5) is 21.8. The van der Waals surface area contributed by atoms with E-state index in [0.29, 0.717) is 23.3 Å². The van der Waals surface area contributed by atoms with Crippen LogP contribution in [0.15, 0.2) is 42.9 Å². The predicted molar refractivity (Wildman–Crippen MR) is 138 cm³/mol. The molecule has 2 heterocycles. The SMILES string of the molecule is COc1ccccc1[C@@H](O)c1cc(C(=O)c2cncnc2N[C@@H]2C[C@H](CNS(=O)(=O)O)[C@@H](O)C2)sc1Cl. The number of aliphatic hydroxyl groups excluding tert-OH is 2. The number of para-hydroxylation sites is 1. The first-order valence-electron chi connectivity index (χ1n) is 11.2. The molecule has 11 nitrogen and oxygen atoms in total. The monoisotopic (exact) mass is 568 g/mol. The molecule has 4 rings (SSSR count). The smallest absolute Gasteiger partial charge is 0.333 e. The summed E-state index contributed by atoms with van der Waals surface area (Å²) in [6, 6.07) is 8.18. The van der Waals surface area contributed by atoms with Gasteiger partial charge in [0.25, 0.3) is 0 Å². The molecule has 1 fully saturated rings. The number of benzene rings is 1. The van der Waals surface area contributed by atoms with Crippen LogP contribution in [0.4, 0.5) is 5.82 Å². The number of nitrogens with one attached hydrogen (secondary N) is 2. The molecule has 0 amide bonds. The zero-order chi connectivity index (χ0) is 26.7. The van der Waals surface area contributed by atoms with Gasteiger partial charge in [0.2, 0.25) is 5.78 Å². The highest BCUT2D eigenvalue weighted by atomic mass is 35.5. The Morgan fingerprint density at radius 2 is 2.05 bits per heavy atom. The number of hydrogen-bond acceptors (Lipinski definition) is 10. The van der Waals surface area contributed by atoms with Gasteiger partial charge in [0.1, 0.15) is 24.0 Å². The maximum atomic E-state index is 13.4. The van der Waals surface area contributed by atoms with E-state index >= 15 is 0 Å². The van der Waals surface area contributed by atoms with Gasteiger partial charge in [-0.2, -0.15) is 13.1 Å². The van der Waals surface area contributed by atoms with Crippen molar-refractivity contribution in [2.24, 2.45) is 5.92 Å². The molecule has 0 radical (unpaired) electrons. The van der Waals surface area contributed by atoms with Gasteiger partial charge in [-0.15, -0.1) is 11.3 Å². The van der Waals surface area contributed by atoms with Crippen molar-refractivity contribution in [3.05, 3.63) is 68.8 Å². The number of ketones is 1. The Hall–Kier alpha value is -2.65. The van der Waals surface area contributed by atoms with Gasteiger partial charge in [-0.05, 0) is 25.0 Å². The molecule has 4 atom stereocenters. The van der Waals surface area contributed by atoms with Gasteiger partial charge >= 0.3 is 10.3 Å². The van der Waals surface area contributed by atoms with E-state index in [1.165, 1.54) is 25.7 Å². The number of carbonyl (C=O) groups excluding carboxylic acids is 1. The zero-order valence-corrected chi connectivity index (χ0v) is 21.9. The second-order valence-corrected chi connectivity index (χ2v) is 11.5. The summed E-state index contributed by atoms with van der Waals surface area (Å²) in [5.74, 6) is -0.110. The predicted octanol–water partition coefficient (Wildman–Crippen LogP) is 2.46. The Kier molecular flexibility index (Phi) is 8.43. The Morgan fingerprint density at radius 3 is 2.78 bits per heavy atom. The Bertz CT molecular complexity index is 1380. The second-order valence-electron chi connectivity index (χ2n) is 8.56. The summed E-state index contributed by atoms with van der Waals surface area (Å²) in [6.07, 6.45) is 1.38. The van der Waals surface area contributed by atoms with E-state index in [-0.39, 0.29) is 39.6 Å². The lowest BCUT2D eigenvalue weighted by Crippen LogP contribution is -2.32. The quantitative estimate of drug-likeness (QED) is 0.181. The van der Waals surface area contributed by atoms with Crippen LogP contribution in [0, 0.1) is 5.92 Å². The molecule has 1 aliphatic carbocycles. The lowest BCUT2D eigenvalue weighted by Gasteiger charge is -2.15. The molecular formula is C23H25ClN4O7S2. The van der Waals surface area contributed by atoms with Crippen molar-refractivity contribution in [2.45, 2.75) is 31.1 Å². The summed E-state index contributed by atoms with van der Waals surface area (Å²) < 4.78 is 38.4. The summed E-state index contributed by atoms with van der Waals surface area (Å²) in [5, 5.41) is 24.4. The summed E-state index contributed by atoms with van der Waals surface area (Å²) in [5.41, 5.74) is 1.04. The van der Waals surface area contributed by atoms with Gasteiger partial charge in [-0.25, -0.2) is 9.97 Å². The second kappa shape index (κ2) is 11.4. The number of anilines is 1. The van der Waals surface area contributed by atoms with Crippen LogP contribution in [0.2, 0.25) is 4.34 Å². The van der Waals surface area contributed by atoms with Crippen LogP contribution in [0.5, 0.6) is 5.75 Å². The molecule has 1 saturated carbocycles. The third-order valence-corrected chi connectivity index (χ3v) is 8.07. The molecule has 0 bridgehead atoms. The Morgan fingerprint density at radius 1 is 1.30 bits per heavy atom. The van der Waals surface area contributed by atoms with Gasteiger partial charge in [0.05, 0.1) is 28.0 Å². The minimum absolute atomic E-state index is 0.126. The molecule has 14 heteroatoms. The average molecular weight is 569 g/mol. The van der Waals surface area contributed by atoms with Crippen LogP contribution < -0.4 is 14.8 Å². The Labute approximate surface area is 222 Å². The molecule has 1 aromatic carbocycles. The first kappa shape index (κ1) is 27.4. The highest BCUT2D eigenvalue weighted by Gasteiger charge is 2.34. The van der Waals surface area contributed by atoms with Gasteiger partial charge < -0.3 is 20.3 Å². The first-order valence-corrected chi connectivity index (χ1v) is 13.8. The van der Waals surface area contributed by atoms with Crippen molar-refractivity contribution in [3.63, 3.8) is 0 Å². The zero-order valence-electron chi connectivity index (χ0n) is 19.5. The molecule has 1 aliphatic rings. The number of halogens is 1. The topological polar surface area (TPSA) is 171 Å². The van der Waals surface area contributed by atoms with Crippen molar-refractivity contribution in [1.82, 2.24) is 14.7 Å². The van der Waals surface area contributed by atoms with E-state index < -0.39 is 34.2 Å². The number of ether oxygens (including phenoxy) is 1. The van der Waals surface area contributed by atoms with Crippen molar-refractivity contribution in [2.75, 3.05) is 19.0 Å². The molecule has 5 N–H and O–H groups in total. The molecule has 37 heavy (non-hydrogen) atoms. The lowest BCUT2D eigenvalue weighted by molar-refractivity contribution is 0.104. The van der Waals surface area contributed by atoms with E-state index in [2.05, 4.69) is 15.3 Å². The van der Waals surface area contributed by atoms with Gasteiger partial charge in [-0.1, -0.05) is 29.8 Å². The molecule has 0 saturated heterocycles. The number of aliphatic hydroxyl groups is 2. The fraction of sp³-hybridized carbons (Fsp3) is 0.348. The standard InChI is InChI=1S/C23H25ClN4O7S2/c1-35-18-5-3-2-4-14(18)20(30)15-8-19(36-22(15)24)21(31)16-10-25-11-26-23(16)28-13-6-12(17(29)7-13)9-27-37(32,33)34/h2-5,8,10-13,17,20,27,29-30H,6-7,9H2,1H3,(H,25,26,28)(H,32,33,34)/t12-,13-,17+,20-/m1/s1. The maximum Gasteiger partial charge on any atom is 0.333 e. The summed E-state index contributed by atoms with van der Waals surface area (Å²) in [7, 11) is -2.87.